The third-order valence-electron chi connectivity index (χ3n) is 3.29. The minimum atomic E-state index is -3.38. The Bertz CT molecular complexity index is 719. The second-order valence-corrected chi connectivity index (χ2v) is 7.87. The van der Waals surface area contributed by atoms with Gasteiger partial charge in [-0.3, -0.25) is 0 Å². The van der Waals surface area contributed by atoms with Gasteiger partial charge < -0.3 is 0 Å². The minimum absolute atomic E-state index is 0.0956. The summed E-state index contributed by atoms with van der Waals surface area (Å²) in [4.78, 5) is 0.313. The smallest absolute Gasteiger partial charge is 0.199 e. The van der Waals surface area contributed by atoms with Crippen LogP contribution in [-0.2, 0) is 15.3 Å². The number of sulfone groups is 1. The molecule has 0 aliphatic carbocycles. The average Bonchev–Trinajstić information content (AvgIpc) is 2.46. The lowest BCUT2D eigenvalue weighted by Gasteiger charge is -2.18. The van der Waals surface area contributed by atoms with Gasteiger partial charge in [0.15, 0.2) is 9.84 Å². The van der Waals surface area contributed by atoms with E-state index in [4.69, 9.17) is 0 Å². The van der Waals surface area contributed by atoms with Crippen LogP contribution in [0.15, 0.2) is 64.9 Å². The number of hydrogen-bond donors (Lipinski definition) is 0. The molecule has 0 aliphatic heterocycles. The molecule has 0 heterocycles. The van der Waals surface area contributed by atoms with E-state index in [2.05, 4.69) is 20.8 Å². The molecule has 3 heteroatoms. The van der Waals surface area contributed by atoms with Gasteiger partial charge in [0.25, 0.3) is 0 Å². The SMILES string of the molecule is CC(C)(C)c1ccc(C=CS(=O)(=O)c2ccccc2)cc1. The molecule has 0 bridgehead atoms. The van der Waals surface area contributed by atoms with Gasteiger partial charge in [0.1, 0.15) is 0 Å². The molecule has 0 spiro atoms. The summed E-state index contributed by atoms with van der Waals surface area (Å²) >= 11 is 0. The first kappa shape index (κ1) is 15.5. The predicted molar refractivity (Wildman–Crippen MR) is 87.8 cm³/mol. The summed E-state index contributed by atoms with van der Waals surface area (Å²) in [5.74, 6) is 0. The van der Waals surface area contributed by atoms with Gasteiger partial charge in [0.05, 0.1) is 4.90 Å². The Balaban J connectivity index is 2.22. The number of rotatable bonds is 3. The van der Waals surface area contributed by atoms with E-state index in [1.165, 1.54) is 11.0 Å². The normalized spacial score (nSPS) is 12.7. The molecule has 21 heavy (non-hydrogen) atoms. The van der Waals surface area contributed by atoms with Crippen molar-refractivity contribution < 1.29 is 8.42 Å². The third-order valence-corrected chi connectivity index (χ3v) is 4.71. The van der Waals surface area contributed by atoms with E-state index in [0.717, 1.165) is 5.56 Å². The standard InChI is InChI=1S/C18H20O2S/c1-18(2,3)16-11-9-15(10-12-16)13-14-21(19,20)17-7-5-4-6-8-17/h4-14H,1-3H3. The first-order valence-electron chi connectivity index (χ1n) is 6.88. The highest BCUT2D eigenvalue weighted by molar-refractivity contribution is 7.94. The lowest BCUT2D eigenvalue weighted by atomic mass is 9.87. The monoisotopic (exact) mass is 300 g/mol. The van der Waals surface area contributed by atoms with Gasteiger partial charge in [-0.25, -0.2) is 8.42 Å². The summed E-state index contributed by atoms with van der Waals surface area (Å²) < 4.78 is 24.3. The molecule has 2 aromatic carbocycles. The molecule has 0 amide bonds. The topological polar surface area (TPSA) is 34.1 Å². The zero-order valence-electron chi connectivity index (χ0n) is 12.6. The number of benzene rings is 2. The summed E-state index contributed by atoms with van der Waals surface area (Å²) in [6, 6.07) is 16.4. The molecule has 0 atom stereocenters. The summed E-state index contributed by atoms with van der Waals surface area (Å²) in [5.41, 5.74) is 2.20. The second kappa shape index (κ2) is 5.86. The highest BCUT2D eigenvalue weighted by Gasteiger charge is 2.13. The van der Waals surface area contributed by atoms with Crippen LogP contribution in [0.2, 0.25) is 0 Å². The zero-order chi connectivity index (χ0) is 15.5. The lowest BCUT2D eigenvalue weighted by Crippen LogP contribution is -2.10. The summed E-state index contributed by atoms with van der Waals surface area (Å²) in [7, 11) is -3.38. The maximum atomic E-state index is 12.1. The maximum absolute atomic E-state index is 12.1. The van der Waals surface area contributed by atoms with E-state index in [-0.39, 0.29) is 5.41 Å². The zero-order valence-corrected chi connectivity index (χ0v) is 13.4. The van der Waals surface area contributed by atoms with Crippen LogP contribution in [-0.4, -0.2) is 8.42 Å². The van der Waals surface area contributed by atoms with E-state index < -0.39 is 9.84 Å². The summed E-state index contributed by atoms with van der Waals surface area (Å²) in [5, 5.41) is 1.26. The molecule has 0 aromatic heterocycles. The fraction of sp³-hybridized carbons (Fsp3) is 0.222. The molecular formula is C18H20O2S. The van der Waals surface area contributed by atoms with Crippen molar-refractivity contribution in [1.29, 1.82) is 0 Å². The quantitative estimate of drug-likeness (QED) is 0.840. The molecular weight excluding hydrogens is 280 g/mol. The van der Waals surface area contributed by atoms with Gasteiger partial charge in [-0.15, -0.1) is 0 Å². The van der Waals surface area contributed by atoms with Gasteiger partial charge in [-0.2, -0.15) is 0 Å². The third kappa shape index (κ3) is 4.05. The van der Waals surface area contributed by atoms with Crippen LogP contribution in [0.25, 0.3) is 6.08 Å². The Morgan fingerprint density at radius 2 is 1.43 bits per heavy atom. The first-order valence-corrected chi connectivity index (χ1v) is 8.42. The molecule has 2 aromatic rings. The van der Waals surface area contributed by atoms with E-state index in [9.17, 15) is 8.42 Å². The first-order chi connectivity index (χ1) is 9.79. The average molecular weight is 300 g/mol. The van der Waals surface area contributed by atoms with Crippen LogP contribution < -0.4 is 0 Å². The van der Waals surface area contributed by atoms with Crippen molar-refractivity contribution in [3.05, 3.63) is 71.1 Å². The van der Waals surface area contributed by atoms with Crippen LogP contribution in [0.5, 0.6) is 0 Å². The Hall–Kier alpha value is -1.87. The molecule has 0 fully saturated rings. The number of hydrogen-bond acceptors (Lipinski definition) is 2. The van der Waals surface area contributed by atoms with E-state index in [0.29, 0.717) is 4.90 Å². The van der Waals surface area contributed by atoms with Crippen molar-refractivity contribution in [2.75, 3.05) is 0 Å². The maximum Gasteiger partial charge on any atom is 0.199 e. The molecule has 0 N–H and O–H groups in total. The molecule has 0 saturated heterocycles. The highest BCUT2D eigenvalue weighted by atomic mass is 32.2. The van der Waals surface area contributed by atoms with Crippen molar-refractivity contribution in [2.45, 2.75) is 31.1 Å². The fourth-order valence-electron chi connectivity index (χ4n) is 1.95. The van der Waals surface area contributed by atoms with Gasteiger partial charge in [-0.1, -0.05) is 63.2 Å². The summed E-state index contributed by atoms with van der Waals surface area (Å²) in [6.07, 6.45) is 1.63. The van der Waals surface area contributed by atoms with Gasteiger partial charge >= 0.3 is 0 Å². The minimum Gasteiger partial charge on any atom is -0.219 e. The Morgan fingerprint density at radius 1 is 0.857 bits per heavy atom. The second-order valence-electron chi connectivity index (χ2n) is 6.03. The van der Waals surface area contributed by atoms with Crippen molar-refractivity contribution >= 4 is 15.9 Å². The Kier molecular flexibility index (Phi) is 4.33. The molecule has 0 aliphatic rings. The molecule has 2 rings (SSSR count). The molecule has 2 nitrogen and oxygen atoms in total. The summed E-state index contributed by atoms with van der Waals surface area (Å²) in [6.45, 7) is 6.45. The van der Waals surface area contributed by atoms with Crippen LogP contribution in [0.3, 0.4) is 0 Å². The van der Waals surface area contributed by atoms with Gasteiger partial charge in [0.2, 0.25) is 0 Å². The van der Waals surface area contributed by atoms with Crippen LogP contribution in [0.4, 0.5) is 0 Å². The van der Waals surface area contributed by atoms with Crippen molar-refractivity contribution in [1.82, 2.24) is 0 Å². The Morgan fingerprint density at radius 3 is 1.95 bits per heavy atom. The van der Waals surface area contributed by atoms with E-state index in [1.54, 1.807) is 36.4 Å². The Labute approximate surface area is 127 Å². The van der Waals surface area contributed by atoms with Crippen LogP contribution in [0, 0.1) is 0 Å². The highest BCUT2D eigenvalue weighted by Crippen LogP contribution is 2.22. The molecule has 0 unspecified atom stereocenters. The predicted octanol–water partition coefficient (Wildman–Crippen LogP) is 4.43. The van der Waals surface area contributed by atoms with Crippen molar-refractivity contribution in [3.8, 4) is 0 Å². The van der Waals surface area contributed by atoms with Crippen molar-refractivity contribution in [3.63, 3.8) is 0 Å². The fourth-order valence-corrected chi connectivity index (χ4v) is 2.98. The molecule has 110 valence electrons. The largest absolute Gasteiger partial charge is 0.219 e. The molecule has 0 saturated carbocycles. The molecule has 0 radical (unpaired) electrons. The van der Waals surface area contributed by atoms with E-state index >= 15 is 0 Å². The van der Waals surface area contributed by atoms with Gasteiger partial charge in [-0.05, 0) is 34.8 Å². The lowest BCUT2D eigenvalue weighted by molar-refractivity contribution is 0.590. The van der Waals surface area contributed by atoms with Gasteiger partial charge in [0, 0.05) is 5.41 Å². The van der Waals surface area contributed by atoms with Crippen LogP contribution in [0.1, 0.15) is 31.9 Å². The van der Waals surface area contributed by atoms with Crippen LogP contribution >= 0.6 is 0 Å². The van der Waals surface area contributed by atoms with Crippen molar-refractivity contribution in [2.24, 2.45) is 0 Å². The van der Waals surface area contributed by atoms with E-state index in [1.807, 2.05) is 24.3 Å².